The molecule has 1 fully saturated rings. The molecule has 2 aromatic heterocycles. The lowest BCUT2D eigenvalue weighted by molar-refractivity contribution is 0.224. The smallest absolute Gasteiger partial charge is 0.204 e. The number of aromatic nitrogens is 3. The summed E-state index contributed by atoms with van der Waals surface area (Å²) in [5.74, 6) is 1.01. The highest BCUT2D eigenvalue weighted by Crippen LogP contribution is 2.27. The molecule has 3 heterocycles. The number of imidazole rings is 1. The average molecular weight is 497 g/mol. The summed E-state index contributed by atoms with van der Waals surface area (Å²) in [6.45, 7) is 8.19. The monoisotopic (exact) mass is 496 g/mol. The van der Waals surface area contributed by atoms with Crippen LogP contribution in [-0.4, -0.2) is 56.8 Å². The van der Waals surface area contributed by atoms with Crippen molar-refractivity contribution in [2.75, 3.05) is 31.5 Å². The lowest BCUT2D eigenvalue weighted by Gasteiger charge is -2.32. The fourth-order valence-electron chi connectivity index (χ4n) is 5.02. The van der Waals surface area contributed by atoms with Gasteiger partial charge in [-0.15, -0.1) is 0 Å². The van der Waals surface area contributed by atoms with Crippen LogP contribution in [0.15, 0.2) is 54.6 Å². The topological polar surface area (TPSA) is 92.2 Å². The molecule has 7 nitrogen and oxygen atoms in total. The van der Waals surface area contributed by atoms with Gasteiger partial charge in [0.25, 0.3) is 0 Å². The maximum Gasteiger partial charge on any atom is 0.204 e. The molecule has 0 saturated carbocycles. The number of nitrogens with two attached hydrogens (primary N) is 1. The fourth-order valence-corrected chi connectivity index (χ4v) is 5.02. The Bertz CT molecular complexity index is 1400. The molecule has 0 unspecified atom stereocenters. The van der Waals surface area contributed by atoms with E-state index in [1.165, 1.54) is 11.1 Å². The van der Waals surface area contributed by atoms with Gasteiger partial charge in [0, 0.05) is 37.9 Å². The second kappa shape index (κ2) is 11.2. The van der Waals surface area contributed by atoms with Gasteiger partial charge < -0.3 is 25.6 Å². The molecule has 2 aromatic carbocycles. The number of pyridine rings is 1. The second-order valence-electron chi connectivity index (χ2n) is 9.98. The Balaban J connectivity index is 1.47. The summed E-state index contributed by atoms with van der Waals surface area (Å²) < 4.78 is 2.15. The Morgan fingerprint density at radius 3 is 2.54 bits per heavy atom. The number of anilines is 1. The molecular formula is C30H36N6O. The second-order valence-corrected chi connectivity index (χ2v) is 9.98. The number of fused-ring (bicyclic) bond motifs is 1. The quantitative estimate of drug-likeness (QED) is 0.303. The molecule has 1 saturated heterocycles. The van der Waals surface area contributed by atoms with Gasteiger partial charge in [-0.05, 0) is 62.1 Å². The number of aryl methyl sites for hydroxylation is 2. The van der Waals surface area contributed by atoms with Crippen molar-refractivity contribution in [2.45, 2.75) is 39.3 Å². The number of likely N-dealkylation sites (tertiary alicyclic amines) is 1. The highest BCUT2D eigenvalue weighted by Gasteiger charge is 2.22. The Morgan fingerprint density at radius 2 is 1.78 bits per heavy atom. The molecule has 0 amide bonds. The predicted molar refractivity (Wildman–Crippen MR) is 152 cm³/mol. The van der Waals surface area contributed by atoms with Crippen molar-refractivity contribution in [3.8, 4) is 5.75 Å². The van der Waals surface area contributed by atoms with Gasteiger partial charge in [-0.25, -0.2) is 4.98 Å². The van der Waals surface area contributed by atoms with Crippen LogP contribution in [0.3, 0.4) is 0 Å². The summed E-state index contributed by atoms with van der Waals surface area (Å²) >= 11 is 0. The van der Waals surface area contributed by atoms with E-state index in [-0.39, 0.29) is 5.75 Å². The molecule has 1 aliphatic heterocycles. The third-order valence-corrected chi connectivity index (χ3v) is 7.05. The fraction of sp³-hybridized carbons (Fsp3) is 0.333. The lowest BCUT2D eigenvalue weighted by Crippen LogP contribution is -2.41. The molecule has 4 aromatic rings. The third kappa shape index (κ3) is 6.01. The maximum absolute atomic E-state index is 10.5. The predicted octanol–water partition coefficient (Wildman–Crippen LogP) is 4.81. The van der Waals surface area contributed by atoms with Gasteiger partial charge in [-0.2, -0.15) is 0 Å². The van der Waals surface area contributed by atoms with E-state index >= 15 is 0 Å². The number of aromatic hydroxyl groups is 1. The van der Waals surface area contributed by atoms with Gasteiger partial charge >= 0.3 is 0 Å². The Labute approximate surface area is 218 Å². The van der Waals surface area contributed by atoms with E-state index in [0.29, 0.717) is 24.8 Å². The first-order valence-corrected chi connectivity index (χ1v) is 13.1. The van der Waals surface area contributed by atoms with E-state index in [2.05, 4.69) is 81.3 Å². The molecule has 192 valence electrons. The number of piperidine rings is 1. The number of nitrogens with zero attached hydrogens (tertiary/aromatic N) is 4. The van der Waals surface area contributed by atoms with Crippen LogP contribution in [0, 0.1) is 13.8 Å². The molecule has 0 bridgehead atoms. The Kier molecular flexibility index (Phi) is 7.53. The zero-order valence-corrected chi connectivity index (χ0v) is 21.7. The van der Waals surface area contributed by atoms with Gasteiger partial charge in [0.05, 0.1) is 17.6 Å². The first-order chi connectivity index (χ1) is 18.0. The van der Waals surface area contributed by atoms with Gasteiger partial charge in [0.15, 0.2) is 0 Å². The first-order valence-electron chi connectivity index (χ1n) is 13.1. The van der Waals surface area contributed by atoms with Crippen LogP contribution in [-0.2, 0) is 6.54 Å². The van der Waals surface area contributed by atoms with Crippen LogP contribution in [0.2, 0.25) is 0 Å². The van der Waals surface area contributed by atoms with E-state index in [4.69, 9.17) is 10.7 Å². The van der Waals surface area contributed by atoms with Crippen molar-refractivity contribution in [1.82, 2.24) is 19.4 Å². The largest absolute Gasteiger partial charge is 0.506 e. The van der Waals surface area contributed by atoms with Crippen molar-refractivity contribution in [1.29, 1.82) is 0 Å². The minimum absolute atomic E-state index is 0.198. The van der Waals surface area contributed by atoms with Crippen molar-refractivity contribution in [2.24, 2.45) is 5.73 Å². The first kappa shape index (κ1) is 25.0. The van der Waals surface area contributed by atoms with Crippen LogP contribution < -0.4 is 11.1 Å². The van der Waals surface area contributed by atoms with Crippen molar-refractivity contribution in [3.05, 3.63) is 82.7 Å². The van der Waals surface area contributed by atoms with Crippen molar-refractivity contribution < 1.29 is 5.11 Å². The average Bonchev–Trinajstić information content (AvgIpc) is 3.22. The number of hydrogen-bond acceptors (Lipinski definition) is 6. The zero-order valence-electron chi connectivity index (χ0n) is 21.7. The molecular weight excluding hydrogens is 460 g/mol. The third-order valence-electron chi connectivity index (χ3n) is 7.05. The zero-order chi connectivity index (χ0) is 25.8. The Hall–Kier alpha value is -3.68. The molecule has 0 atom stereocenters. The summed E-state index contributed by atoms with van der Waals surface area (Å²) in [7, 11) is 0. The molecule has 4 N–H and O–H groups in total. The van der Waals surface area contributed by atoms with Gasteiger partial charge in [0.2, 0.25) is 5.95 Å². The summed E-state index contributed by atoms with van der Waals surface area (Å²) in [6.07, 6.45) is 6.36. The van der Waals surface area contributed by atoms with E-state index in [0.717, 1.165) is 60.7 Å². The van der Waals surface area contributed by atoms with E-state index in [9.17, 15) is 5.11 Å². The molecule has 0 aliphatic carbocycles. The molecule has 0 spiro atoms. The Morgan fingerprint density at radius 1 is 1.00 bits per heavy atom. The summed E-state index contributed by atoms with van der Waals surface area (Å²) in [4.78, 5) is 12.0. The normalized spacial score (nSPS) is 15.1. The highest BCUT2D eigenvalue weighted by molar-refractivity contribution is 5.83. The summed E-state index contributed by atoms with van der Waals surface area (Å²) in [5, 5.41) is 14.2. The molecule has 37 heavy (non-hydrogen) atoms. The SMILES string of the molecule is Cc1cccc(/C=C/c2ccc3nc(NC4CCN(CCN)CC4)n(Cc4nc(C)ccc4O)c3c2)c1. The number of rotatable bonds is 8. The minimum Gasteiger partial charge on any atom is -0.506 e. The standard InChI is InChI=1S/C30H36N6O/c1-21-4-3-5-23(18-21)7-8-24-9-10-26-28(19-24)36(20-27-29(37)11-6-22(2)32-27)30(34-26)33-25-12-15-35(16-13-25)17-14-31/h3-11,18-19,25,37H,12-17,20,31H2,1-2H3,(H,33,34)/b8-7+. The molecule has 5 rings (SSSR count). The maximum atomic E-state index is 10.5. The van der Waals surface area contributed by atoms with E-state index < -0.39 is 0 Å². The lowest BCUT2D eigenvalue weighted by atomic mass is 10.1. The number of nitrogens with one attached hydrogen (secondary N) is 1. The van der Waals surface area contributed by atoms with Crippen LogP contribution in [0.25, 0.3) is 23.2 Å². The minimum atomic E-state index is 0.198. The highest BCUT2D eigenvalue weighted by atomic mass is 16.3. The molecule has 0 radical (unpaired) electrons. The van der Waals surface area contributed by atoms with E-state index in [1.54, 1.807) is 6.07 Å². The van der Waals surface area contributed by atoms with Crippen LogP contribution in [0.4, 0.5) is 5.95 Å². The van der Waals surface area contributed by atoms with E-state index in [1.807, 2.05) is 13.0 Å². The number of benzene rings is 2. The van der Waals surface area contributed by atoms with Gasteiger partial charge in [-0.1, -0.05) is 48.0 Å². The van der Waals surface area contributed by atoms with Crippen LogP contribution in [0.1, 0.15) is 40.9 Å². The van der Waals surface area contributed by atoms with Crippen LogP contribution >= 0.6 is 0 Å². The van der Waals surface area contributed by atoms with Crippen LogP contribution in [0.5, 0.6) is 5.75 Å². The summed E-state index contributed by atoms with van der Waals surface area (Å²) in [6, 6.07) is 18.7. The summed E-state index contributed by atoms with van der Waals surface area (Å²) in [5.41, 5.74) is 12.7. The molecule has 1 aliphatic rings. The molecule has 7 heteroatoms. The van der Waals surface area contributed by atoms with Gasteiger partial charge in [-0.3, -0.25) is 4.98 Å². The number of hydrogen-bond donors (Lipinski definition) is 3. The van der Waals surface area contributed by atoms with Crippen molar-refractivity contribution >= 4 is 29.1 Å². The van der Waals surface area contributed by atoms with Gasteiger partial charge in [0.1, 0.15) is 11.4 Å². The van der Waals surface area contributed by atoms with Crippen molar-refractivity contribution in [3.63, 3.8) is 0 Å².